The van der Waals surface area contributed by atoms with Crippen molar-refractivity contribution in [3.8, 4) is 0 Å². The molecule has 0 radical (unpaired) electrons. The van der Waals surface area contributed by atoms with E-state index in [2.05, 4.69) is 5.32 Å². The summed E-state index contributed by atoms with van der Waals surface area (Å²) in [7, 11) is -1.13. The van der Waals surface area contributed by atoms with E-state index in [0.29, 0.717) is 49.2 Å². The molecule has 2 unspecified atom stereocenters. The Kier molecular flexibility index (Phi) is 6.26. The summed E-state index contributed by atoms with van der Waals surface area (Å²) in [6.45, 7) is 2.85. The van der Waals surface area contributed by atoms with Crippen molar-refractivity contribution in [2.75, 3.05) is 45.0 Å². The van der Waals surface area contributed by atoms with Gasteiger partial charge in [-0.1, -0.05) is 0 Å². The molecule has 1 aliphatic heterocycles. The van der Waals surface area contributed by atoms with Crippen molar-refractivity contribution in [2.24, 2.45) is 11.8 Å². The molecule has 0 aromatic heterocycles. The molecule has 5 nitrogen and oxygen atoms in total. The van der Waals surface area contributed by atoms with Crippen molar-refractivity contribution in [1.29, 1.82) is 0 Å². The Morgan fingerprint density at radius 3 is 2.60 bits per heavy atom. The fourth-order valence-electron chi connectivity index (χ4n) is 2.78. The molecule has 2 aliphatic rings. The normalized spacial score (nSPS) is 26.8. The summed E-state index contributed by atoms with van der Waals surface area (Å²) in [5.74, 6) is 1.44. The van der Waals surface area contributed by atoms with Crippen LogP contribution in [-0.2, 0) is 19.3 Å². The van der Waals surface area contributed by atoms with Gasteiger partial charge in [0.05, 0.1) is 24.7 Å². The average molecular weight is 305 g/mol. The van der Waals surface area contributed by atoms with Gasteiger partial charge < -0.3 is 14.8 Å². The van der Waals surface area contributed by atoms with Crippen LogP contribution in [0, 0.1) is 11.8 Å². The summed E-state index contributed by atoms with van der Waals surface area (Å²) in [5, 5.41) is 3.54. The van der Waals surface area contributed by atoms with Gasteiger partial charge in [0, 0.05) is 19.8 Å². The van der Waals surface area contributed by atoms with Crippen molar-refractivity contribution in [1.82, 2.24) is 5.32 Å². The van der Waals surface area contributed by atoms with Crippen LogP contribution in [0.25, 0.3) is 0 Å². The van der Waals surface area contributed by atoms with Gasteiger partial charge >= 0.3 is 0 Å². The molecular formula is C14H27NO4S. The van der Waals surface area contributed by atoms with Gasteiger partial charge in [0.1, 0.15) is 0 Å². The lowest BCUT2D eigenvalue weighted by Gasteiger charge is -2.23. The third-order valence-corrected chi connectivity index (χ3v) is 6.04. The molecule has 1 saturated carbocycles. The molecule has 1 heterocycles. The van der Waals surface area contributed by atoms with Gasteiger partial charge in [-0.3, -0.25) is 0 Å². The first-order chi connectivity index (χ1) is 9.61. The number of hydrogen-bond donors (Lipinski definition) is 1. The standard InChI is InChI=1S/C14H27NO4S/c1-18-7-8-19-6-4-12(10-15-14-2-3-14)13-5-9-20(16,17)11-13/h12-15H,2-11H2,1H3. The molecule has 0 aromatic rings. The second kappa shape index (κ2) is 7.73. The fraction of sp³-hybridized carbons (Fsp3) is 1.00. The Balaban J connectivity index is 1.74. The number of nitrogens with one attached hydrogen (secondary N) is 1. The molecule has 1 saturated heterocycles. The Bertz CT molecular complexity index is 381. The van der Waals surface area contributed by atoms with E-state index in [4.69, 9.17) is 9.47 Å². The topological polar surface area (TPSA) is 64.6 Å². The van der Waals surface area contributed by atoms with Crippen LogP contribution in [0.4, 0.5) is 0 Å². The van der Waals surface area contributed by atoms with Crippen molar-refractivity contribution in [2.45, 2.75) is 31.7 Å². The average Bonchev–Trinajstić information content (AvgIpc) is 3.16. The lowest BCUT2D eigenvalue weighted by atomic mass is 9.89. The second-order valence-electron chi connectivity index (χ2n) is 6.00. The first-order valence-electron chi connectivity index (χ1n) is 7.61. The largest absolute Gasteiger partial charge is 0.382 e. The first-order valence-corrected chi connectivity index (χ1v) is 9.43. The Morgan fingerprint density at radius 1 is 1.20 bits per heavy atom. The summed E-state index contributed by atoms with van der Waals surface area (Å²) in [5.41, 5.74) is 0. The van der Waals surface area contributed by atoms with Crippen LogP contribution in [0.5, 0.6) is 0 Å². The summed E-state index contributed by atoms with van der Waals surface area (Å²) in [6, 6.07) is 0.671. The van der Waals surface area contributed by atoms with Gasteiger partial charge in [-0.15, -0.1) is 0 Å². The van der Waals surface area contributed by atoms with E-state index >= 15 is 0 Å². The quantitative estimate of drug-likeness (QED) is 0.606. The zero-order valence-corrected chi connectivity index (χ0v) is 13.2. The van der Waals surface area contributed by atoms with Crippen molar-refractivity contribution >= 4 is 9.84 Å². The number of methoxy groups -OCH3 is 1. The van der Waals surface area contributed by atoms with Crippen LogP contribution < -0.4 is 5.32 Å². The van der Waals surface area contributed by atoms with Gasteiger partial charge in [0.2, 0.25) is 0 Å². The molecule has 2 rings (SSSR count). The highest BCUT2D eigenvalue weighted by Crippen LogP contribution is 2.29. The lowest BCUT2D eigenvalue weighted by Crippen LogP contribution is -2.31. The van der Waals surface area contributed by atoms with Gasteiger partial charge in [0.25, 0.3) is 0 Å². The van der Waals surface area contributed by atoms with E-state index < -0.39 is 9.84 Å². The Morgan fingerprint density at radius 2 is 2.00 bits per heavy atom. The van der Waals surface area contributed by atoms with Crippen LogP contribution in [0.2, 0.25) is 0 Å². The van der Waals surface area contributed by atoms with Crippen molar-refractivity contribution in [3.05, 3.63) is 0 Å². The SMILES string of the molecule is COCCOCCC(CNC1CC1)C1CCS(=O)(=O)C1. The third-order valence-electron chi connectivity index (χ3n) is 4.25. The highest BCUT2D eigenvalue weighted by Gasteiger charge is 2.34. The molecule has 0 bridgehead atoms. The molecule has 1 aliphatic carbocycles. The van der Waals surface area contributed by atoms with Crippen molar-refractivity contribution < 1.29 is 17.9 Å². The minimum absolute atomic E-state index is 0.303. The van der Waals surface area contributed by atoms with E-state index in [1.165, 1.54) is 12.8 Å². The van der Waals surface area contributed by atoms with Crippen LogP contribution in [0.1, 0.15) is 25.7 Å². The van der Waals surface area contributed by atoms with E-state index in [1.807, 2.05) is 0 Å². The Labute approximate surface area is 122 Å². The highest BCUT2D eigenvalue weighted by molar-refractivity contribution is 7.91. The fourth-order valence-corrected chi connectivity index (χ4v) is 4.70. The molecule has 6 heteroatoms. The molecule has 20 heavy (non-hydrogen) atoms. The number of rotatable bonds is 10. The molecule has 0 amide bonds. The van der Waals surface area contributed by atoms with Crippen LogP contribution in [0.15, 0.2) is 0 Å². The molecule has 0 aromatic carbocycles. The predicted molar refractivity (Wildman–Crippen MR) is 78.6 cm³/mol. The van der Waals surface area contributed by atoms with E-state index in [0.717, 1.165) is 19.4 Å². The lowest BCUT2D eigenvalue weighted by molar-refractivity contribution is 0.0602. The molecule has 2 fully saturated rings. The third kappa shape index (κ3) is 5.68. The molecular weight excluding hydrogens is 278 g/mol. The predicted octanol–water partition coefficient (Wildman–Crippen LogP) is 0.842. The zero-order chi connectivity index (χ0) is 14.4. The Hall–Kier alpha value is -0.170. The monoisotopic (exact) mass is 305 g/mol. The minimum atomic E-state index is -2.79. The smallest absolute Gasteiger partial charge is 0.150 e. The summed E-state index contributed by atoms with van der Waals surface area (Å²) >= 11 is 0. The number of sulfone groups is 1. The van der Waals surface area contributed by atoms with Crippen LogP contribution in [-0.4, -0.2) is 59.4 Å². The van der Waals surface area contributed by atoms with Gasteiger partial charge in [-0.2, -0.15) is 0 Å². The molecule has 2 atom stereocenters. The first kappa shape index (κ1) is 16.2. The van der Waals surface area contributed by atoms with E-state index in [-0.39, 0.29) is 0 Å². The summed E-state index contributed by atoms with van der Waals surface area (Å²) in [4.78, 5) is 0. The van der Waals surface area contributed by atoms with Crippen molar-refractivity contribution in [3.63, 3.8) is 0 Å². The molecule has 1 N–H and O–H groups in total. The van der Waals surface area contributed by atoms with Gasteiger partial charge in [-0.05, 0) is 44.1 Å². The number of ether oxygens (including phenoxy) is 2. The summed E-state index contributed by atoms with van der Waals surface area (Å²) in [6.07, 6.45) is 4.28. The maximum absolute atomic E-state index is 11.6. The van der Waals surface area contributed by atoms with Gasteiger partial charge in [0.15, 0.2) is 9.84 Å². The van der Waals surface area contributed by atoms with E-state index in [1.54, 1.807) is 7.11 Å². The summed E-state index contributed by atoms with van der Waals surface area (Å²) < 4.78 is 33.8. The van der Waals surface area contributed by atoms with Crippen LogP contribution in [0.3, 0.4) is 0 Å². The maximum atomic E-state index is 11.6. The van der Waals surface area contributed by atoms with E-state index in [9.17, 15) is 8.42 Å². The minimum Gasteiger partial charge on any atom is -0.382 e. The number of hydrogen-bond acceptors (Lipinski definition) is 5. The maximum Gasteiger partial charge on any atom is 0.150 e. The second-order valence-corrected chi connectivity index (χ2v) is 8.23. The van der Waals surface area contributed by atoms with Gasteiger partial charge in [-0.25, -0.2) is 8.42 Å². The van der Waals surface area contributed by atoms with Crippen LogP contribution >= 0.6 is 0 Å². The highest BCUT2D eigenvalue weighted by atomic mass is 32.2. The zero-order valence-electron chi connectivity index (χ0n) is 12.3. The molecule has 0 spiro atoms. The molecule has 118 valence electrons.